The van der Waals surface area contributed by atoms with Gasteiger partial charge in [-0.3, -0.25) is 19.2 Å². The van der Waals surface area contributed by atoms with Gasteiger partial charge in [0, 0.05) is 30.3 Å². The van der Waals surface area contributed by atoms with Gasteiger partial charge in [-0.1, -0.05) is 47.1 Å². The number of carboxylic acid groups (broad SMARTS) is 1. The fourth-order valence-electron chi connectivity index (χ4n) is 8.54. The third kappa shape index (κ3) is 3.75. The average molecular weight is 515 g/mol. The van der Waals surface area contributed by atoms with Crippen LogP contribution in [0.5, 0.6) is 0 Å². The molecular formula is C30H42O7. The van der Waals surface area contributed by atoms with Crippen molar-refractivity contribution < 1.29 is 34.5 Å². The van der Waals surface area contributed by atoms with E-state index in [0.29, 0.717) is 30.4 Å². The van der Waals surface area contributed by atoms with Gasteiger partial charge in [0.2, 0.25) is 0 Å². The Morgan fingerprint density at radius 1 is 1.05 bits per heavy atom. The van der Waals surface area contributed by atoms with Crippen molar-refractivity contribution in [3.63, 3.8) is 0 Å². The first kappa shape index (κ1) is 27.9. The standard InChI is InChI=1S/C30H42O7/c1-15(10-17(31)11-16(2)26(36)37)18-12-23(35)30(7)25-19(32)13-21-27(3,4)22(34)8-9-28(21,5)24(25)20(33)14-29(18,30)6/h12,15-16,19,21-22,32,34H,8-11,13-14H2,1-7H3,(H,36,37)/t15-,16?,19+,21+,22+,28+,29-,30+/m1/s1. The lowest BCUT2D eigenvalue weighted by atomic mass is 9.42. The molecule has 8 atom stereocenters. The fraction of sp³-hybridized carbons (Fsp3) is 0.733. The molecule has 0 aromatic rings. The maximum atomic E-state index is 14.0. The molecule has 37 heavy (non-hydrogen) atoms. The molecule has 0 spiro atoms. The maximum absolute atomic E-state index is 14.0. The number of aliphatic carboxylic acids is 1. The summed E-state index contributed by atoms with van der Waals surface area (Å²) < 4.78 is 0. The molecule has 4 aliphatic rings. The monoisotopic (exact) mass is 514 g/mol. The van der Waals surface area contributed by atoms with Crippen molar-refractivity contribution in [3.05, 3.63) is 22.8 Å². The molecule has 0 heterocycles. The lowest BCUT2D eigenvalue weighted by Gasteiger charge is -2.61. The summed E-state index contributed by atoms with van der Waals surface area (Å²) in [6.45, 7) is 13.2. The zero-order valence-corrected chi connectivity index (χ0v) is 23.2. The first-order valence-corrected chi connectivity index (χ1v) is 13.6. The maximum Gasteiger partial charge on any atom is 0.306 e. The zero-order valence-electron chi connectivity index (χ0n) is 23.2. The van der Waals surface area contributed by atoms with Crippen LogP contribution in [0.4, 0.5) is 0 Å². The van der Waals surface area contributed by atoms with E-state index in [2.05, 4.69) is 6.92 Å². The molecule has 204 valence electrons. The highest BCUT2D eigenvalue weighted by Gasteiger charge is 2.68. The van der Waals surface area contributed by atoms with Crippen LogP contribution in [0.3, 0.4) is 0 Å². The van der Waals surface area contributed by atoms with Crippen LogP contribution in [0.2, 0.25) is 0 Å². The minimum Gasteiger partial charge on any atom is -0.481 e. The number of carbonyl (C=O) groups excluding carboxylic acids is 3. The number of aliphatic hydroxyl groups excluding tert-OH is 2. The predicted octanol–water partition coefficient (Wildman–Crippen LogP) is 4.05. The van der Waals surface area contributed by atoms with Crippen molar-refractivity contribution in [3.8, 4) is 0 Å². The van der Waals surface area contributed by atoms with Crippen molar-refractivity contribution in [2.24, 2.45) is 39.4 Å². The number of allylic oxidation sites excluding steroid dienone is 3. The van der Waals surface area contributed by atoms with Gasteiger partial charge < -0.3 is 15.3 Å². The molecule has 0 aromatic carbocycles. The minimum atomic E-state index is -1.11. The third-order valence-electron chi connectivity index (χ3n) is 11.0. The van der Waals surface area contributed by atoms with Crippen molar-refractivity contribution in [1.29, 1.82) is 0 Å². The number of Topliss-reactive ketones (excluding diaryl/α,β-unsaturated/α-hetero) is 2. The highest BCUT2D eigenvalue weighted by molar-refractivity contribution is 6.09. The molecule has 7 heteroatoms. The number of aliphatic hydroxyl groups is 2. The summed E-state index contributed by atoms with van der Waals surface area (Å²) in [5.41, 5.74) is -1.17. The van der Waals surface area contributed by atoms with Crippen LogP contribution in [0.1, 0.15) is 87.0 Å². The van der Waals surface area contributed by atoms with E-state index in [9.17, 15) is 29.4 Å². The van der Waals surface area contributed by atoms with Gasteiger partial charge in [-0.15, -0.1) is 0 Å². The molecule has 7 nitrogen and oxygen atoms in total. The molecule has 0 radical (unpaired) electrons. The van der Waals surface area contributed by atoms with Crippen molar-refractivity contribution in [2.75, 3.05) is 0 Å². The molecule has 0 aliphatic heterocycles. The first-order chi connectivity index (χ1) is 16.9. The molecule has 0 bridgehead atoms. The lowest BCUT2D eigenvalue weighted by molar-refractivity contribution is -0.143. The highest BCUT2D eigenvalue weighted by Crippen LogP contribution is 2.69. The Labute approximate surface area is 219 Å². The van der Waals surface area contributed by atoms with E-state index in [1.54, 1.807) is 6.08 Å². The quantitative estimate of drug-likeness (QED) is 0.488. The number of fused-ring (bicyclic) bond motifs is 4. The van der Waals surface area contributed by atoms with Gasteiger partial charge in [0.15, 0.2) is 11.6 Å². The SMILES string of the molecule is CC(CC(=O)C[C@@H](C)C1=CC(=O)[C@@]2(C)C3=C(C(=O)C[C@]12C)[C@@]1(C)CC[C@H](O)C(C)(C)[C@@H]1C[C@@H]3O)C(=O)O. The largest absolute Gasteiger partial charge is 0.481 e. The Kier molecular flexibility index (Phi) is 6.56. The number of hydrogen-bond acceptors (Lipinski definition) is 6. The van der Waals surface area contributed by atoms with E-state index < -0.39 is 45.8 Å². The smallest absolute Gasteiger partial charge is 0.306 e. The average Bonchev–Trinajstić information content (AvgIpc) is 2.99. The Hall–Kier alpha value is -2.12. The normalized spacial score (nSPS) is 40.4. The molecular weight excluding hydrogens is 472 g/mol. The molecule has 0 aromatic heterocycles. The zero-order chi connectivity index (χ0) is 27.9. The Morgan fingerprint density at radius 3 is 2.27 bits per heavy atom. The van der Waals surface area contributed by atoms with Crippen molar-refractivity contribution in [2.45, 2.75) is 99.2 Å². The Balaban J connectivity index is 1.75. The molecule has 1 fully saturated rings. The fourth-order valence-corrected chi connectivity index (χ4v) is 8.54. The van der Waals surface area contributed by atoms with Crippen LogP contribution >= 0.6 is 0 Å². The Bertz CT molecular complexity index is 1130. The predicted molar refractivity (Wildman–Crippen MR) is 137 cm³/mol. The van der Waals surface area contributed by atoms with Crippen LogP contribution in [-0.2, 0) is 19.2 Å². The van der Waals surface area contributed by atoms with E-state index in [1.807, 2.05) is 34.6 Å². The summed E-state index contributed by atoms with van der Waals surface area (Å²) in [5.74, 6) is -2.66. The molecule has 1 unspecified atom stereocenters. The lowest BCUT2D eigenvalue weighted by Crippen LogP contribution is -2.60. The van der Waals surface area contributed by atoms with E-state index in [0.717, 1.165) is 5.57 Å². The van der Waals surface area contributed by atoms with Gasteiger partial charge in [0.1, 0.15) is 5.78 Å². The van der Waals surface area contributed by atoms with E-state index in [4.69, 9.17) is 5.11 Å². The number of hydrogen-bond donors (Lipinski definition) is 3. The summed E-state index contributed by atoms with van der Waals surface area (Å²) in [6, 6.07) is 0. The van der Waals surface area contributed by atoms with Gasteiger partial charge in [0.25, 0.3) is 0 Å². The van der Waals surface area contributed by atoms with E-state index in [1.165, 1.54) is 6.92 Å². The van der Waals surface area contributed by atoms with Crippen LogP contribution in [-0.4, -0.2) is 50.8 Å². The number of carbonyl (C=O) groups is 4. The summed E-state index contributed by atoms with van der Waals surface area (Å²) in [4.78, 5) is 51.7. The highest BCUT2D eigenvalue weighted by atomic mass is 16.4. The molecule has 4 rings (SSSR count). The van der Waals surface area contributed by atoms with Crippen LogP contribution < -0.4 is 0 Å². The summed E-state index contributed by atoms with van der Waals surface area (Å²) >= 11 is 0. The first-order valence-electron chi connectivity index (χ1n) is 13.6. The molecule has 1 saturated carbocycles. The third-order valence-corrected chi connectivity index (χ3v) is 11.0. The van der Waals surface area contributed by atoms with Crippen molar-refractivity contribution in [1.82, 2.24) is 0 Å². The van der Waals surface area contributed by atoms with Gasteiger partial charge in [-0.05, 0) is 60.5 Å². The Morgan fingerprint density at radius 2 is 1.68 bits per heavy atom. The van der Waals surface area contributed by atoms with Gasteiger partial charge in [0.05, 0.1) is 23.5 Å². The number of carboxylic acids is 1. The molecule has 3 N–H and O–H groups in total. The van der Waals surface area contributed by atoms with Crippen LogP contribution in [0, 0.1) is 39.4 Å². The summed E-state index contributed by atoms with van der Waals surface area (Å²) in [5, 5.41) is 31.5. The molecule has 0 saturated heterocycles. The van der Waals surface area contributed by atoms with Gasteiger partial charge >= 0.3 is 5.97 Å². The minimum absolute atomic E-state index is 0.0629. The number of ketones is 3. The molecule has 0 amide bonds. The van der Waals surface area contributed by atoms with Crippen molar-refractivity contribution >= 4 is 23.3 Å². The van der Waals surface area contributed by atoms with Gasteiger partial charge in [-0.2, -0.15) is 0 Å². The topological polar surface area (TPSA) is 129 Å². The van der Waals surface area contributed by atoms with Crippen LogP contribution in [0.25, 0.3) is 0 Å². The second-order valence-corrected chi connectivity index (χ2v) is 13.5. The van der Waals surface area contributed by atoms with E-state index >= 15 is 0 Å². The second-order valence-electron chi connectivity index (χ2n) is 13.5. The second kappa shape index (κ2) is 8.70. The number of rotatable bonds is 6. The molecule has 4 aliphatic carbocycles. The van der Waals surface area contributed by atoms with Gasteiger partial charge in [-0.25, -0.2) is 0 Å². The van der Waals surface area contributed by atoms with Crippen LogP contribution in [0.15, 0.2) is 22.8 Å². The summed E-state index contributed by atoms with van der Waals surface area (Å²) in [6.07, 6.45) is 1.76. The van der Waals surface area contributed by atoms with E-state index in [-0.39, 0.29) is 48.4 Å². The summed E-state index contributed by atoms with van der Waals surface area (Å²) in [7, 11) is 0.